The number of nitrogens with zero attached hydrogens (tertiary/aromatic N) is 6. The monoisotopic (exact) mass is 509 g/mol. The topological polar surface area (TPSA) is 102 Å². The highest BCUT2D eigenvalue weighted by atomic mass is 15.3. The van der Waals surface area contributed by atoms with Crippen molar-refractivity contribution in [2.45, 2.75) is 26.7 Å². The van der Waals surface area contributed by atoms with Gasteiger partial charge < -0.3 is 20.1 Å². The summed E-state index contributed by atoms with van der Waals surface area (Å²) in [6.45, 7) is 16.2. The number of imidazole rings is 1. The number of aromatic nitrogens is 6. The number of allylic oxidation sites excluding steroid dienone is 3. The van der Waals surface area contributed by atoms with Crippen LogP contribution in [0.25, 0.3) is 39.4 Å². The fourth-order valence-corrected chi connectivity index (χ4v) is 4.79. The van der Waals surface area contributed by atoms with Crippen LogP contribution in [0.3, 0.4) is 0 Å². The van der Waals surface area contributed by atoms with E-state index in [1.165, 1.54) is 0 Å². The third-order valence-corrected chi connectivity index (χ3v) is 6.83. The molecule has 1 fully saturated rings. The maximum Gasteiger partial charge on any atom is 0.159 e. The zero-order valence-corrected chi connectivity index (χ0v) is 22.4. The van der Waals surface area contributed by atoms with Gasteiger partial charge in [0.05, 0.1) is 35.0 Å². The van der Waals surface area contributed by atoms with Crippen molar-refractivity contribution in [2.75, 3.05) is 38.5 Å². The van der Waals surface area contributed by atoms with Gasteiger partial charge in [0.1, 0.15) is 11.4 Å². The van der Waals surface area contributed by atoms with Crippen LogP contribution in [-0.2, 0) is 0 Å². The van der Waals surface area contributed by atoms with Crippen LogP contribution in [0.2, 0.25) is 0 Å². The van der Waals surface area contributed by atoms with E-state index in [0.29, 0.717) is 0 Å². The van der Waals surface area contributed by atoms with Crippen molar-refractivity contribution < 1.29 is 0 Å². The molecule has 5 heterocycles. The Bertz CT molecular complexity index is 1480. The smallest absolute Gasteiger partial charge is 0.159 e. The second-order valence-electron chi connectivity index (χ2n) is 9.77. The zero-order valence-electron chi connectivity index (χ0n) is 22.4. The molecule has 4 aromatic heterocycles. The predicted octanol–water partition coefficient (Wildman–Crippen LogP) is 5.22. The SMILES string of the molecule is C=C/C=C(\c1nc(-c2n[nH]c3cnc(-c4cncc(NC(=C)CCC)c4)cc23)[nH]c1C)N1CCN(C)CC1. The van der Waals surface area contributed by atoms with Crippen molar-refractivity contribution in [1.29, 1.82) is 0 Å². The molecule has 0 radical (unpaired) electrons. The van der Waals surface area contributed by atoms with Crippen LogP contribution in [0.5, 0.6) is 0 Å². The molecule has 9 nitrogen and oxygen atoms in total. The van der Waals surface area contributed by atoms with Gasteiger partial charge in [0.2, 0.25) is 0 Å². The van der Waals surface area contributed by atoms with E-state index in [1.54, 1.807) is 12.4 Å². The van der Waals surface area contributed by atoms with Crippen LogP contribution in [-0.4, -0.2) is 73.2 Å². The summed E-state index contributed by atoms with van der Waals surface area (Å²) in [5.74, 6) is 0.717. The lowest BCUT2D eigenvalue weighted by Crippen LogP contribution is -2.43. The second-order valence-corrected chi connectivity index (χ2v) is 9.77. The molecule has 1 saturated heterocycles. The number of fused-ring (bicyclic) bond motifs is 1. The molecule has 0 saturated carbocycles. The molecule has 3 N–H and O–H groups in total. The maximum atomic E-state index is 5.02. The van der Waals surface area contributed by atoms with Gasteiger partial charge in [-0.3, -0.25) is 15.1 Å². The second kappa shape index (κ2) is 11.0. The van der Waals surface area contributed by atoms with E-state index in [4.69, 9.17) is 4.98 Å². The van der Waals surface area contributed by atoms with E-state index in [1.807, 2.05) is 30.5 Å². The van der Waals surface area contributed by atoms with Crippen molar-refractivity contribution in [2.24, 2.45) is 0 Å². The van der Waals surface area contributed by atoms with E-state index < -0.39 is 0 Å². The molecule has 0 spiro atoms. The summed E-state index contributed by atoms with van der Waals surface area (Å²) in [7, 11) is 2.16. The zero-order chi connectivity index (χ0) is 26.6. The van der Waals surface area contributed by atoms with Gasteiger partial charge >= 0.3 is 0 Å². The third kappa shape index (κ3) is 5.24. The summed E-state index contributed by atoms with van der Waals surface area (Å²) < 4.78 is 0. The first-order chi connectivity index (χ1) is 18.5. The molecule has 9 heteroatoms. The largest absolute Gasteiger partial charge is 0.367 e. The number of hydrogen-bond acceptors (Lipinski definition) is 7. The molecule has 0 aromatic carbocycles. The summed E-state index contributed by atoms with van der Waals surface area (Å²) >= 11 is 0. The molecule has 0 atom stereocenters. The summed E-state index contributed by atoms with van der Waals surface area (Å²) in [5, 5.41) is 12.0. The predicted molar refractivity (Wildman–Crippen MR) is 154 cm³/mol. The Morgan fingerprint density at radius 3 is 2.74 bits per heavy atom. The summed E-state index contributed by atoms with van der Waals surface area (Å²) in [6.07, 6.45) is 11.3. The van der Waals surface area contributed by atoms with E-state index in [9.17, 15) is 0 Å². The molecule has 0 unspecified atom stereocenters. The van der Waals surface area contributed by atoms with Crippen LogP contribution >= 0.6 is 0 Å². The molecule has 0 bridgehead atoms. The molecular formula is C29H35N9. The number of likely N-dealkylation sites (N-methyl/N-ethyl adjacent to an activating group) is 1. The molecule has 4 aromatic rings. The van der Waals surface area contributed by atoms with Gasteiger partial charge in [0.15, 0.2) is 5.82 Å². The van der Waals surface area contributed by atoms with Crippen LogP contribution in [0.15, 0.2) is 61.7 Å². The molecule has 0 amide bonds. The van der Waals surface area contributed by atoms with E-state index in [0.717, 1.165) is 101 Å². The first-order valence-corrected chi connectivity index (χ1v) is 13.0. The normalized spacial score (nSPS) is 14.7. The first kappa shape index (κ1) is 25.4. The summed E-state index contributed by atoms with van der Waals surface area (Å²) in [6, 6.07) is 4.08. The van der Waals surface area contributed by atoms with Gasteiger partial charge in [-0.25, -0.2) is 4.98 Å². The minimum atomic E-state index is 0.717. The third-order valence-electron chi connectivity index (χ3n) is 6.83. The average molecular weight is 510 g/mol. The molecule has 5 rings (SSSR count). The number of pyridine rings is 2. The molecular weight excluding hydrogens is 474 g/mol. The number of anilines is 1. The van der Waals surface area contributed by atoms with Gasteiger partial charge in [-0.1, -0.05) is 32.6 Å². The Hall–Kier alpha value is -4.24. The van der Waals surface area contributed by atoms with Gasteiger partial charge in [-0.2, -0.15) is 5.10 Å². The number of piperazine rings is 1. The lowest BCUT2D eigenvalue weighted by molar-refractivity contribution is 0.207. The molecule has 0 aliphatic carbocycles. The minimum Gasteiger partial charge on any atom is -0.367 e. The maximum absolute atomic E-state index is 5.02. The Morgan fingerprint density at radius 2 is 1.97 bits per heavy atom. The summed E-state index contributed by atoms with van der Waals surface area (Å²) in [5.41, 5.74) is 8.19. The van der Waals surface area contributed by atoms with Gasteiger partial charge in [0.25, 0.3) is 0 Å². The molecule has 1 aliphatic rings. The lowest BCUT2D eigenvalue weighted by atomic mass is 10.1. The Kier molecular flexibility index (Phi) is 7.37. The number of hydrogen-bond donors (Lipinski definition) is 3. The highest BCUT2D eigenvalue weighted by molar-refractivity contribution is 5.93. The highest BCUT2D eigenvalue weighted by Crippen LogP contribution is 2.31. The van der Waals surface area contributed by atoms with Crippen LogP contribution in [0.1, 0.15) is 31.2 Å². The van der Waals surface area contributed by atoms with Gasteiger partial charge in [0, 0.05) is 54.7 Å². The van der Waals surface area contributed by atoms with Crippen molar-refractivity contribution >= 4 is 22.3 Å². The first-order valence-electron chi connectivity index (χ1n) is 13.0. The number of nitrogens with one attached hydrogen (secondary N) is 3. The standard InChI is InChI=1S/C29H35N9/c1-6-8-19(3)32-22-14-21(16-30-17-22)24-15-23-25(18-31-24)35-36-28(23)29-33-20(4)27(34-29)26(9-7-2)38-12-10-37(5)11-13-38/h7,9,14-18,32H,2-3,6,8,10-13H2,1,4-5H3,(H,33,34)(H,35,36)/b26-9+. The molecule has 1 aliphatic heterocycles. The highest BCUT2D eigenvalue weighted by Gasteiger charge is 2.23. The van der Waals surface area contributed by atoms with E-state index >= 15 is 0 Å². The fourth-order valence-electron chi connectivity index (χ4n) is 4.79. The van der Waals surface area contributed by atoms with Crippen molar-refractivity contribution in [1.82, 2.24) is 39.9 Å². The fraction of sp³-hybridized carbons (Fsp3) is 0.310. The molecule has 196 valence electrons. The molecule has 38 heavy (non-hydrogen) atoms. The van der Waals surface area contributed by atoms with Crippen LogP contribution in [0.4, 0.5) is 5.69 Å². The van der Waals surface area contributed by atoms with Crippen LogP contribution in [0, 0.1) is 6.92 Å². The average Bonchev–Trinajstić information content (AvgIpc) is 3.51. The van der Waals surface area contributed by atoms with Gasteiger partial charge in [-0.05, 0) is 38.6 Å². The van der Waals surface area contributed by atoms with E-state index in [-0.39, 0.29) is 0 Å². The van der Waals surface area contributed by atoms with Crippen molar-refractivity contribution in [3.8, 4) is 22.8 Å². The van der Waals surface area contributed by atoms with E-state index in [2.05, 4.69) is 74.3 Å². The van der Waals surface area contributed by atoms with Gasteiger partial charge in [-0.15, -0.1) is 0 Å². The Morgan fingerprint density at radius 1 is 1.16 bits per heavy atom. The number of aromatic amines is 2. The minimum absolute atomic E-state index is 0.717. The lowest BCUT2D eigenvalue weighted by Gasteiger charge is -2.35. The Labute approximate surface area is 223 Å². The van der Waals surface area contributed by atoms with Crippen molar-refractivity contribution in [3.05, 3.63) is 73.1 Å². The quantitative estimate of drug-likeness (QED) is 0.266. The Balaban J connectivity index is 1.48. The number of aryl methyl sites for hydroxylation is 1. The van der Waals surface area contributed by atoms with Crippen LogP contribution < -0.4 is 5.32 Å². The number of H-pyrrole nitrogens is 2. The summed E-state index contributed by atoms with van der Waals surface area (Å²) in [4.78, 5) is 22.3. The number of rotatable bonds is 9. The van der Waals surface area contributed by atoms with Crippen molar-refractivity contribution in [3.63, 3.8) is 0 Å².